The summed E-state index contributed by atoms with van der Waals surface area (Å²) in [5.41, 5.74) is 0. The third-order valence-corrected chi connectivity index (χ3v) is 6.45. The van der Waals surface area contributed by atoms with Crippen molar-refractivity contribution in [3.8, 4) is 0 Å². The van der Waals surface area contributed by atoms with Crippen LogP contribution in [0.4, 0.5) is 0 Å². The van der Waals surface area contributed by atoms with Crippen LogP contribution in [-0.4, -0.2) is 30.8 Å². The summed E-state index contributed by atoms with van der Waals surface area (Å²) in [5.74, 6) is 0. The number of hydrogen-bond acceptors (Lipinski definition) is 2. The molecule has 0 radical (unpaired) electrons. The van der Waals surface area contributed by atoms with Gasteiger partial charge in [-0.15, -0.1) is 0 Å². The van der Waals surface area contributed by atoms with E-state index in [1.807, 2.05) is 0 Å². The lowest BCUT2D eigenvalue weighted by atomic mass is 10.0. The van der Waals surface area contributed by atoms with Crippen LogP contribution < -0.4 is 0 Å². The van der Waals surface area contributed by atoms with Crippen molar-refractivity contribution in [1.29, 1.82) is 0 Å². The second-order valence-electron chi connectivity index (χ2n) is 9.51. The molecule has 0 aliphatic carbocycles. The Morgan fingerprint density at radius 3 is 1.07 bits per heavy atom. The second kappa shape index (κ2) is 26.7. The first-order chi connectivity index (χ1) is 14.8. The van der Waals surface area contributed by atoms with Gasteiger partial charge in [0.2, 0.25) is 0 Å². The first kappa shape index (κ1) is 29.6. The summed E-state index contributed by atoms with van der Waals surface area (Å²) in [6.45, 7) is 8.18. The van der Waals surface area contributed by atoms with Crippen molar-refractivity contribution < 1.29 is 4.79 Å². The first-order valence-electron chi connectivity index (χ1n) is 14.0. The fourth-order valence-electron chi connectivity index (χ4n) is 4.38. The highest BCUT2D eigenvalue weighted by Gasteiger charge is 2.04. The Morgan fingerprint density at radius 1 is 0.433 bits per heavy atom. The van der Waals surface area contributed by atoms with E-state index in [-0.39, 0.29) is 0 Å². The molecule has 0 aliphatic rings. The zero-order valence-corrected chi connectivity index (χ0v) is 21.1. The van der Waals surface area contributed by atoms with Gasteiger partial charge in [0.1, 0.15) is 6.29 Å². The monoisotopic (exact) mass is 423 g/mol. The molecule has 0 heterocycles. The smallest absolute Gasteiger partial charge is 0.120 e. The van der Waals surface area contributed by atoms with Crippen LogP contribution in [0, 0.1) is 0 Å². The summed E-state index contributed by atoms with van der Waals surface area (Å²) < 4.78 is 0. The van der Waals surface area contributed by atoms with Crippen LogP contribution in [-0.2, 0) is 4.79 Å². The number of rotatable bonds is 26. The van der Waals surface area contributed by atoms with Crippen molar-refractivity contribution in [1.82, 2.24) is 4.90 Å². The number of hydrogen-bond donors (Lipinski definition) is 0. The average molecular weight is 424 g/mol. The van der Waals surface area contributed by atoms with Gasteiger partial charge in [0.05, 0.1) is 0 Å². The molecule has 0 N–H and O–H groups in total. The maximum absolute atomic E-state index is 10.6. The van der Waals surface area contributed by atoms with Crippen LogP contribution in [0.5, 0.6) is 0 Å². The number of carbonyl (C=O) groups is 1. The molecule has 0 amide bonds. The molecule has 0 bridgehead atoms. The van der Waals surface area contributed by atoms with Crippen molar-refractivity contribution in [2.24, 2.45) is 0 Å². The van der Waals surface area contributed by atoms with E-state index in [1.165, 1.54) is 142 Å². The third-order valence-electron chi connectivity index (χ3n) is 6.45. The lowest BCUT2D eigenvalue weighted by molar-refractivity contribution is -0.108. The molecule has 2 nitrogen and oxygen atoms in total. The predicted octanol–water partition coefficient (Wildman–Crippen LogP) is 9.11. The summed E-state index contributed by atoms with van der Waals surface area (Å²) >= 11 is 0. The molecule has 0 atom stereocenters. The summed E-state index contributed by atoms with van der Waals surface area (Å²) in [6.07, 6.45) is 31.1. The standard InChI is InChI=1S/C28H57NO/c1-3-5-7-9-11-12-13-14-15-16-17-18-20-22-26-29(27-23-24-28-30)25-21-19-10-8-6-4-2/h28H,3-27H2,1-2H3. The molecule has 0 rings (SSSR count). The molecule has 180 valence electrons. The van der Waals surface area contributed by atoms with Gasteiger partial charge in [-0.3, -0.25) is 0 Å². The fourth-order valence-corrected chi connectivity index (χ4v) is 4.38. The van der Waals surface area contributed by atoms with Crippen LogP contribution in [0.25, 0.3) is 0 Å². The second-order valence-corrected chi connectivity index (χ2v) is 9.51. The SMILES string of the molecule is CCCCCCCCCCCCCCCCN(CCCC=O)CCCCCCCC. The quantitative estimate of drug-likeness (QED) is 0.102. The van der Waals surface area contributed by atoms with Gasteiger partial charge in [-0.1, -0.05) is 129 Å². The molecular formula is C28H57NO. The summed E-state index contributed by atoms with van der Waals surface area (Å²) in [5, 5.41) is 0. The fraction of sp³-hybridized carbons (Fsp3) is 0.964. The van der Waals surface area contributed by atoms with Crippen molar-refractivity contribution in [3.05, 3.63) is 0 Å². The molecule has 30 heavy (non-hydrogen) atoms. The number of aldehydes is 1. The molecule has 0 aromatic heterocycles. The van der Waals surface area contributed by atoms with Crippen LogP contribution in [0.1, 0.15) is 155 Å². The molecule has 0 saturated heterocycles. The molecule has 0 unspecified atom stereocenters. The zero-order valence-electron chi connectivity index (χ0n) is 21.1. The highest BCUT2D eigenvalue weighted by Crippen LogP contribution is 2.13. The van der Waals surface area contributed by atoms with Crippen molar-refractivity contribution in [2.75, 3.05) is 19.6 Å². The van der Waals surface area contributed by atoms with Gasteiger partial charge < -0.3 is 9.69 Å². The van der Waals surface area contributed by atoms with Gasteiger partial charge in [0.15, 0.2) is 0 Å². The summed E-state index contributed by atoms with van der Waals surface area (Å²) in [7, 11) is 0. The van der Waals surface area contributed by atoms with Crippen molar-refractivity contribution in [3.63, 3.8) is 0 Å². The Labute approximate surface area is 191 Å². The molecule has 0 fully saturated rings. The Hall–Kier alpha value is -0.370. The highest BCUT2D eigenvalue weighted by atomic mass is 16.1. The van der Waals surface area contributed by atoms with Gasteiger partial charge in [0.25, 0.3) is 0 Å². The van der Waals surface area contributed by atoms with E-state index in [1.54, 1.807) is 0 Å². The molecule has 0 saturated carbocycles. The van der Waals surface area contributed by atoms with E-state index in [2.05, 4.69) is 18.7 Å². The Balaban J connectivity index is 3.52. The molecule has 0 aliphatic heterocycles. The Morgan fingerprint density at radius 2 is 0.733 bits per heavy atom. The maximum Gasteiger partial charge on any atom is 0.120 e. The van der Waals surface area contributed by atoms with E-state index in [9.17, 15) is 4.79 Å². The minimum absolute atomic E-state index is 0.728. The minimum Gasteiger partial charge on any atom is -0.303 e. The topological polar surface area (TPSA) is 20.3 Å². The number of unbranched alkanes of at least 4 members (excludes halogenated alkanes) is 19. The normalized spacial score (nSPS) is 11.4. The maximum atomic E-state index is 10.6. The van der Waals surface area contributed by atoms with Crippen LogP contribution >= 0.6 is 0 Å². The number of carbonyl (C=O) groups excluding carboxylic acids is 1. The predicted molar refractivity (Wildman–Crippen MR) is 135 cm³/mol. The first-order valence-corrected chi connectivity index (χ1v) is 14.0. The molecule has 2 heteroatoms. The molecule has 0 spiro atoms. The van der Waals surface area contributed by atoms with Crippen LogP contribution in [0.2, 0.25) is 0 Å². The zero-order chi connectivity index (χ0) is 22.0. The highest BCUT2D eigenvalue weighted by molar-refractivity contribution is 5.48. The summed E-state index contributed by atoms with van der Waals surface area (Å²) in [6, 6.07) is 0. The summed E-state index contributed by atoms with van der Waals surface area (Å²) in [4.78, 5) is 13.3. The van der Waals surface area contributed by atoms with Crippen molar-refractivity contribution in [2.45, 2.75) is 155 Å². The van der Waals surface area contributed by atoms with Gasteiger partial charge in [-0.2, -0.15) is 0 Å². The van der Waals surface area contributed by atoms with Crippen molar-refractivity contribution >= 4 is 6.29 Å². The van der Waals surface area contributed by atoms with Gasteiger partial charge in [-0.25, -0.2) is 0 Å². The van der Waals surface area contributed by atoms with E-state index >= 15 is 0 Å². The Bertz CT molecular complexity index is 318. The third kappa shape index (κ3) is 23.9. The van der Waals surface area contributed by atoms with Gasteiger partial charge >= 0.3 is 0 Å². The van der Waals surface area contributed by atoms with E-state index in [4.69, 9.17) is 0 Å². The Kier molecular flexibility index (Phi) is 26.3. The largest absolute Gasteiger partial charge is 0.303 e. The van der Waals surface area contributed by atoms with E-state index in [0.29, 0.717) is 0 Å². The molecule has 0 aromatic rings. The van der Waals surface area contributed by atoms with E-state index in [0.717, 1.165) is 25.7 Å². The van der Waals surface area contributed by atoms with Gasteiger partial charge in [-0.05, 0) is 38.9 Å². The minimum atomic E-state index is 0.728. The van der Waals surface area contributed by atoms with E-state index < -0.39 is 0 Å². The average Bonchev–Trinajstić information content (AvgIpc) is 2.76. The lowest BCUT2D eigenvalue weighted by Gasteiger charge is -2.22. The van der Waals surface area contributed by atoms with Gasteiger partial charge in [0, 0.05) is 6.42 Å². The lowest BCUT2D eigenvalue weighted by Crippen LogP contribution is -2.27. The van der Waals surface area contributed by atoms with Crippen LogP contribution in [0.15, 0.2) is 0 Å². The van der Waals surface area contributed by atoms with Crippen LogP contribution in [0.3, 0.4) is 0 Å². The molecular weight excluding hydrogens is 366 g/mol. The molecule has 0 aromatic carbocycles. The number of nitrogens with zero attached hydrogens (tertiary/aromatic N) is 1.